The van der Waals surface area contributed by atoms with Gasteiger partial charge in [-0.2, -0.15) is 0 Å². The zero-order chi connectivity index (χ0) is 20.6. The van der Waals surface area contributed by atoms with Gasteiger partial charge in [0.25, 0.3) is 0 Å². The highest BCUT2D eigenvalue weighted by molar-refractivity contribution is 5.70. The molecule has 0 spiro atoms. The Labute approximate surface area is 171 Å². The lowest BCUT2D eigenvalue weighted by Gasteiger charge is -2.26. The molecule has 0 heterocycles. The first kappa shape index (κ1) is 24.2. The average molecular weight is 387 g/mol. The predicted octanol–water partition coefficient (Wildman–Crippen LogP) is 6.46. The van der Waals surface area contributed by atoms with Crippen LogP contribution in [0.25, 0.3) is 0 Å². The van der Waals surface area contributed by atoms with Crippen LogP contribution in [0.3, 0.4) is 0 Å². The molecule has 0 saturated heterocycles. The fraction of sp³-hybridized carbons (Fsp3) is 0.640. The lowest BCUT2D eigenvalue weighted by Crippen LogP contribution is -2.32. The molecule has 0 aliphatic heterocycles. The van der Waals surface area contributed by atoms with E-state index in [0.29, 0.717) is 6.61 Å². The van der Waals surface area contributed by atoms with Crippen molar-refractivity contribution in [3.05, 3.63) is 35.9 Å². The fourth-order valence-electron chi connectivity index (χ4n) is 3.53. The van der Waals surface area contributed by atoms with E-state index in [1.165, 1.54) is 44.9 Å². The maximum atomic E-state index is 11.5. The second-order valence-corrected chi connectivity index (χ2v) is 7.77. The third-order valence-corrected chi connectivity index (χ3v) is 5.42. The topological polar surface area (TPSA) is 46.5 Å². The molecule has 0 saturated carbocycles. The van der Waals surface area contributed by atoms with Crippen molar-refractivity contribution in [2.75, 3.05) is 0 Å². The molecule has 0 aromatic heterocycles. The highest BCUT2D eigenvalue weighted by Crippen LogP contribution is 2.24. The smallest absolute Gasteiger partial charge is 0.307 e. The van der Waals surface area contributed by atoms with E-state index in [0.717, 1.165) is 24.8 Å². The third kappa shape index (κ3) is 9.95. The summed E-state index contributed by atoms with van der Waals surface area (Å²) in [4.78, 5) is 11.5. The Hall–Kier alpha value is -1.79. The minimum absolute atomic E-state index is 0.221. The van der Waals surface area contributed by atoms with Gasteiger partial charge in [0.15, 0.2) is 0 Å². The number of benzene rings is 1. The van der Waals surface area contributed by atoms with Crippen molar-refractivity contribution in [3.63, 3.8) is 0 Å². The van der Waals surface area contributed by atoms with Crippen molar-refractivity contribution in [1.82, 2.24) is 0 Å². The molecule has 0 radical (unpaired) electrons. The number of aliphatic carboxylic acids is 1. The zero-order valence-electron chi connectivity index (χ0n) is 17.7. The number of carboxylic acid groups (broad SMARTS) is 1. The number of terminal acetylenes is 1. The van der Waals surface area contributed by atoms with Gasteiger partial charge in [-0.15, -0.1) is 6.42 Å². The first-order valence-corrected chi connectivity index (χ1v) is 10.9. The highest BCUT2D eigenvalue weighted by Gasteiger charge is 2.30. The van der Waals surface area contributed by atoms with Crippen molar-refractivity contribution < 1.29 is 14.6 Å². The van der Waals surface area contributed by atoms with E-state index in [-0.39, 0.29) is 6.10 Å². The highest BCUT2D eigenvalue weighted by atomic mass is 16.5. The van der Waals surface area contributed by atoms with Crippen molar-refractivity contribution in [2.24, 2.45) is 11.8 Å². The fourth-order valence-corrected chi connectivity index (χ4v) is 3.53. The molecule has 1 aromatic carbocycles. The van der Waals surface area contributed by atoms with Crippen molar-refractivity contribution in [2.45, 2.75) is 90.8 Å². The van der Waals surface area contributed by atoms with Crippen LogP contribution in [0.15, 0.2) is 30.3 Å². The number of carbonyl (C=O) groups is 1. The number of rotatable bonds is 16. The molecular weight excluding hydrogens is 348 g/mol. The van der Waals surface area contributed by atoms with Gasteiger partial charge in [0.05, 0.1) is 24.5 Å². The van der Waals surface area contributed by atoms with Crippen LogP contribution in [-0.4, -0.2) is 17.2 Å². The lowest BCUT2D eigenvalue weighted by molar-refractivity contribution is -0.144. The summed E-state index contributed by atoms with van der Waals surface area (Å²) in [6.07, 6.45) is 17.6. The number of ether oxygens (including phenoxy) is 1. The summed E-state index contributed by atoms with van der Waals surface area (Å²) >= 11 is 0. The van der Waals surface area contributed by atoms with E-state index in [4.69, 9.17) is 11.2 Å². The summed E-state index contributed by atoms with van der Waals surface area (Å²) in [6, 6.07) is 9.96. The first-order valence-electron chi connectivity index (χ1n) is 10.9. The molecule has 0 fully saturated rings. The van der Waals surface area contributed by atoms with E-state index >= 15 is 0 Å². The van der Waals surface area contributed by atoms with Crippen LogP contribution in [-0.2, 0) is 16.1 Å². The van der Waals surface area contributed by atoms with Crippen LogP contribution in [0.1, 0.15) is 83.6 Å². The molecule has 3 heteroatoms. The normalized spacial score (nSPS) is 14.2. The molecule has 0 aliphatic carbocycles. The molecule has 0 aliphatic rings. The summed E-state index contributed by atoms with van der Waals surface area (Å²) in [5.74, 6) is 0.822. The summed E-state index contributed by atoms with van der Waals surface area (Å²) < 4.78 is 6.12. The molecule has 0 bridgehead atoms. The molecule has 28 heavy (non-hydrogen) atoms. The average Bonchev–Trinajstić information content (AvgIpc) is 2.71. The van der Waals surface area contributed by atoms with Gasteiger partial charge in [0.2, 0.25) is 0 Å². The van der Waals surface area contributed by atoms with Gasteiger partial charge < -0.3 is 9.84 Å². The molecule has 3 atom stereocenters. The van der Waals surface area contributed by atoms with E-state index in [1.807, 2.05) is 30.3 Å². The molecule has 3 nitrogen and oxygen atoms in total. The minimum atomic E-state index is -0.858. The van der Waals surface area contributed by atoms with Gasteiger partial charge in [0.1, 0.15) is 0 Å². The van der Waals surface area contributed by atoms with Crippen LogP contribution < -0.4 is 0 Å². The van der Waals surface area contributed by atoms with Crippen molar-refractivity contribution >= 4 is 5.97 Å². The van der Waals surface area contributed by atoms with Gasteiger partial charge in [-0.1, -0.05) is 108 Å². The van der Waals surface area contributed by atoms with Crippen molar-refractivity contribution in [1.29, 1.82) is 0 Å². The van der Waals surface area contributed by atoms with E-state index in [1.54, 1.807) is 6.92 Å². The Morgan fingerprint density at radius 3 is 2.14 bits per heavy atom. The molecule has 1 rings (SSSR count). The van der Waals surface area contributed by atoms with Gasteiger partial charge >= 0.3 is 5.97 Å². The monoisotopic (exact) mass is 386 g/mol. The quantitative estimate of drug-likeness (QED) is 0.262. The molecule has 1 aromatic rings. The second-order valence-electron chi connectivity index (χ2n) is 7.77. The van der Waals surface area contributed by atoms with Crippen LogP contribution in [0, 0.1) is 24.2 Å². The van der Waals surface area contributed by atoms with Crippen LogP contribution in [0.4, 0.5) is 0 Å². The summed E-state index contributed by atoms with van der Waals surface area (Å²) in [5.41, 5.74) is 1.08. The summed E-state index contributed by atoms with van der Waals surface area (Å²) in [6.45, 7) is 4.39. The van der Waals surface area contributed by atoms with Gasteiger partial charge in [-0.3, -0.25) is 4.79 Å². The van der Waals surface area contributed by atoms with Crippen LogP contribution >= 0.6 is 0 Å². The number of hydrogen-bond acceptors (Lipinski definition) is 2. The largest absolute Gasteiger partial charge is 0.481 e. The maximum Gasteiger partial charge on any atom is 0.307 e. The van der Waals surface area contributed by atoms with Crippen LogP contribution in [0.2, 0.25) is 0 Å². The molecule has 0 amide bonds. The standard InChI is InChI=1S/C25H38O3/c1-4-6-7-8-9-10-11-12-16-19-24(23(5-2)21(3)25(26)27)28-20-22-17-14-13-15-18-22/h2,13-15,17-18,21,23-24H,4,6-12,16,19-20H2,1,3H3,(H,26,27)/t21-,23+,24+/m0/s1. The molecular formula is C25H38O3. The van der Waals surface area contributed by atoms with Crippen molar-refractivity contribution in [3.8, 4) is 12.3 Å². The minimum Gasteiger partial charge on any atom is -0.481 e. The van der Waals surface area contributed by atoms with Crippen LogP contribution in [0.5, 0.6) is 0 Å². The Morgan fingerprint density at radius 2 is 1.61 bits per heavy atom. The van der Waals surface area contributed by atoms with Gasteiger partial charge in [-0.25, -0.2) is 0 Å². The second kappa shape index (κ2) is 15.2. The molecule has 156 valence electrons. The van der Waals surface area contributed by atoms with Gasteiger partial charge in [0, 0.05) is 0 Å². The number of hydrogen-bond donors (Lipinski definition) is 1. The third-order valence-electron chi connectivity index (χ3n) is 5.42. The molecule has 1 N–H and O–H groups in total. The Bertz CT molecular complexity index is 561. The Kier molecular flexibility index (Phi) is 13.1. The Morgan fingerprint density at radius 1 is 1.04 bits per heavy atom. The molecule has 0 unspecified atom stereocenters. The van der Waals surface area contributed by atoms with E-state index in [9.17, 15) is 9.90 Å². The van der Waals surface area contributed by atoms with E-state index in [2.05, 4.69) is 12.8 Å². The van der Waals surface area contributed by atoms with E-state index < -0.39 is 17.8 Å². The first-order chi connectivity index (χ1) is 13.6. The maximum absolute atomic E-state index is 11.5. The SMILES string of the molecule is C#C[C@H]([C@H](C)C(=O)O)[C@@H](CCCCCCCCCCC)OCc1ccccc1. The number of unbranched alkanes of at least 4 members (excludes halogenated alkanes) is 8. The predicted molar refractivity (Wildman–Crippen MR) is 116 cm³/mol. The lowest BCUT2D eigenvalue weighted by atomic mass is 9.86. The number of carboxylic acids is 1. The summed E-state index contributed by atoms with van der Waals surface area (Å²) in [5, 5.41) is 9.40. The summed E-state index contributed by atoms with van der Waals surface area (Å²) in [7, 11) is 0. The van der Waals surface area contributed by atoms with Gasteiger partial charge in [-0.05, 0) is 12.0 Å². The zero-order valence-corrected chi connectivity index (χ0v) is 17.7. The Balaban J connectivity index is 2.46.